The highest BCUT2D eigenvalue weighted by molar-refractivity contribution is 5.76. The lowest BCUT2D eigenvalue weighted by molar-refractivity contribution is -0.155. The highest BCUT2D eigenvalue weighted by Crippen LogP contribution is 2.35. The van der Waals surface area contributed by atoms with E-state index in [0.717, 1.165) is 17.0 Å². The van der Waals surface area contributed by atoms with Gasteiger partial charge in [0.2, 0.25) is 0 Å². The van der Waals surface area contributed by atoms with Crippen molar-refractivity contribution in [2.24, 2.45) is 0 Å². The van der Waals surface area contributed by atoms with Crippen molar-refractivity contribution in [3.63, 3.8) is 0 Å². The predicted octanol–water partition coefficient (Wildman–Crippen LogP) is 3.35. The molecule has 0 saturated heterocycles. The largest absolute Gasteiger partial charge is 0.467 e. The topological polar surface area (TPSA) is 62.6 Å². The standard InChI is InChI=1S/C18H20F2N2O4/c1-10(2)22-16(11-5-4-6-12(7-11)26-18(19)20)13-9-25-15(17(23)24-3)8-14(13)21-22/h4-7,10,15,18H,8-9H2,1-3H3. The van der Waals surface area contributed by atoms with E-state index in [1.165, 1.54) is 13.2 Å². The van der Waals surface area contributed by atoms with Crippen molar-refractivity contribution in [1.29, 1.82) is 0 Å². The second-order valence-corrected chi connectivity index (χ2v) is 6.25. The Morgan fingerprint density at radius 1 is 1.38 bits per heavy atom. The minimum Gasteiger partial charge on any atom is -0.467 e. The number of esters is 1. The quantitative estimate of drug-likeness (QED) is 0.760. The molecule has 0 bridgehead atoms. The van der Waals surface area contributed by atoms with E-state index in [9.17, 15) is 13.6 Å². The van der Waals surface area contributed by atoms with Crippen molar-refractivity contribution in [1.82, 2.24) is 9.78 Å². The smallest absolute Gasteiger partial charge is 0.387 e. The van der Waals surface area contributed by atoms with Crippen molar-refractivity contribution in [3.8, 4) is 17.0 Å². The summed E-state index contributed by atoms with van der Waals surface area (Å²) in [5, 5.41) is 4.62. The van der Waals surface area contributed by atoms with E-state index in [4.69, 9.17) is 9.47 Å². The molecule has 2 aromatic rings. The number of fused-ring (bicyclic) bond motifs is 1. The SMILES string of the molecule is COC(=O)C1Cc2nn(C(C)C)c(-c3cccc(OC(F)F)c3)c2CO1. The average Bonchev–Trinajstić information content (AvgIpc) is 2.99. The van der Waals surface area contributed by atoms with Crippen molar-refractivity contribution in [3.05, 3.63) is 35.5 Å². The molecule has 0 spiro atoms. The van der Waals surface area contributed by atoms with E-state index in [-0.39, 0.29) is 18.4 Å². The summed E-state index contributed by atoms with van der Waals surface area (Å²) >= 11 is 0. The number of hydrogen-bond donors (Lipinski definition) is 0. The van der Waals surface area contributed by atoms with Crippen LogP contribution in [0.15, 0.2) is 24.3 Å². The lowest BCUT2D eigenvalue weighted by Gasteiger charge is -2.20. The molecule has 1 unspecified atom stereocenters. The fraction of sp³-hybridized carbons (Fsp3) is 0.444. The van der Waals surface area contributed by atoms with Gasteiger partial charge in [-0.3, -0.25) is 4.68 Å². The van der Waals surface area contributed by atoms with Gasteiger partial charge in [-0.25, -0.2) is 4.79 Å². The molecule has 6 nitrogen and oxygen atoms in total. The zero-order valence-corrected chi connectivity index (χ0v) is 14.7. The van der Waals surface area contributed by atoms with Crippen LogP contribution in [0.3, 0.4) is 0 Å². The van der Waals surface area contributed by atoms with Gasteiger partial charge in [-0.15, -0.1) is 0 Å². The van der Waals surface area contributed by atoms with Crippen LogP contribution >= 0.6 is 0 Å². The second-order valence-electron chi connectivity index (χ2n) is 6.25. The molecule has 0 saturated carbocycles. The number of halogens is 2. The molecule has 0 fully saturated rings. The van der Waals surface area contributed by atoms with Crippen LogP contribution in [0.1, 0.15) is 31.1 Å². The minimum absolute atomic E-state index is 0.0341. The molecule has 1 aromatic heterocycles. The van der Waals surface area contributed by atoms with Crippen molar-refractivity contribution >= 4 is 5.97 Å². The third-order valence-electron chi connectivity index (χ3n) is 4.19. The molecule has 3 rings (SSSR count). The van der Waals surface area contributed by atoms with Crippen LogP contribution in [-0.2, 0) is 27.3 Å². The number of alkyl halides is 2. The van der Waals surface area contributed by atoms with E-state index in [1.54, 1.807) is 18.2 Å². The third kappa shape index (κ3) is 3.55. The second kappa shape index (κ2) is 7.41. The van der Waals surface area contributed by atoms with Crippen LogP contribution in [0.5, 0.6) is 5.75 Å². The van der Waals surface area contributed by atoms with Gasteiger partial charge in [0.15, 0.2) is 6.10 Å². The highest BCUT2D eigenvalue weighted by atomic mass is 19.3. The summed E-state index contributed by atoms with van der Waals surface area (Å²) in [7, 11) is 1.31. The zero-order chi connectivity index (χ0) is 18.8. The maximum atomic E-state index is 12.5. The van der Waals surface area contributed by atoms with Crippen LogP contribution in [0.4, 0.5) is 8.78 Å². The van der Waals surface area contributed by atoms with Crippen LogP contribution in [-0.4, -0.2) is 35.6 Å². The summed E-state index contributed by atoms with van der Waals surface area (Å²) < 4.78 is 41.7. The number of hydrogen-bond acceptors (Lipinski definition) is 5. The molecule has 0 N–H and O–H groups in total. The van der Waals surface area contributed by atoms with Gasteiger partial charge in [-0.2, -0.15) is 13.9 Å². The maximum absolute atomic E-state index is 12.5. The fourth-order valence-electron chi connectivity index (χ4n) is 3.03. The normalized spacial score (nSPS) is 16.7. The van der Waals surface area contributed by atoms with Crippen LogP contribution in [0.2, 0.25) is 0 Å². The van der Waals surface area contributed by atoms with Crippen LogP contribution in [0, 0.1) is 0 Å². The maximum Gasteiger partial charge on any atom is 0.387 e. The Labute approximate surface area is 149 Å². The molecule has 26 heavy (non-hydrogen) atoms. The van der Waals surface area contributed by atoms with E-state index >= 15 is 0 Å². The molecule has 1 aliphatic heterocycles. The number of aromatic nitrogens is 2. The summed E-state index contributed by atoms with van der Waals surface area (Å²) in [6.45, 7) is 1.25. The van der Waals surface area contributed by atoms with Gasteiger partial charge < -0.3 is 14.2 Å². The molecule has 1 atom stereocenters. The predicted molar refractivity (Wildman–Crippen MR) is 89.0 cm³/mol. The van der Waals surface area contributed by atoms with Crippen molar-refractivity contribution < 1.29 is 27.8 Å². The van der Waals surface area contributed by atoms with E-state index < -0.39 is 18.7 Å². The Morgan fingerprint density at radius 3 is 2.81 bits per heavy atom. The van der Waals surface area contributed by atoms with Gasteiger partial charge in [-0.05, 0) is 26.0 Å². The number of rotatable bonds is 5. The first kappa shape index (κ1) is 18.3. The number of carbonyl (C=O) groups excluding carboxylic acids is 1. The van der Waals surface area contributed by atoms with Gasteiger partial charge in [0.05, 0.1) is 25.1 Å². The summed E-state index contributed by atoms with van der Waals surface area (Å²) in [4.78, 5) is 11.8. The third-order valence-corrected chi connectivity index (χ3v) is 4.19. The molecule has 1 aromatic carbocycles. The van der Waals surface area contributed by atoms with Crippen molar-refractivity contribution in [2.75, 3.05) is 7.11 Å². The van der Waals surface area contributed by atoms with Crippen LogP contribution < -0.4 is 4.74 Å². The summed E-state index contributed by atoms with van der Waals surface area (Å²) in [5.74, 6) is -0.365. The first-order chi connectivity index (χ1) is 12.4. The lowest BCUT2D eigenvalue weighted by atomic mass is 10.0. The number of carbonyl (C=O) groups is 1. The van der Waals surface area contributed by atoms with Crippen LogP contribution in [0.25, 0.3) is 11.3 Å². The number of nitrogens with zero attached hydrogens (tertiary/aromatic N) is 2. The Hall–Kier alpha value is -2.48. The van der Waals surface area contributed by atoms with Crippen molar-refractivity contribution in [2.45, 2.75) is 45.6 Å². The molecule has 0 amide bonds. The summed E-state index contributed by atoms with van der Waals surface area (Å²) in [6.07, 6.45) is -0.383. The van der Waals surface area contributed by atoms with E-state index in [1.807, 2.05) is 18.5 Å². The van der Waals surface area contributed by atoms with Gasteiger partial charge in [0.1, 0.15) is 5.75 Å². The fourth-order valence-corrected chi connectivity index (χ4v) is 3.03. The molecule has 1 aliphatic rings. The van der Waals surface area contributed by atoms with Gasteiger partial charge >= 0.3 is 12.6 Å². The zero-order valence-electron chi connectivity index (χ0n) is 14.7. The minimum atomic E-state index is -2.89. The molecule has 0 aliphatic carbocycles. The van der Waals surface area contributed by atoms with Gasteiger partial charge in [-0.1, -0.05) is 12.1 Å². The molecular formula is C18H20F2N2O4. The number of methoxy groups -OCH3 is 1. The Bertz CT molecular complexity index is 804. The summed E-state index contributed by atoms with van der Waals surface area (Å²) in [5.41, 5.74) is 3.06. The Kier molecular flexibility index (Phi) is 5.22. The molecular weight excluding hydrogens is 346 g/mol. The molecule has 8 heteroatoms. The molecule has 0 radical (unpaired) electrons. The molecule has 140 valence electrons. The van der Waals surface area contributed by atoms with Gasteiger partial charge in [0.25, 0.3) is 0 Å². The summed E-state index contributed by atoms with van der Waals surface area (Å²) in [6, 6.07) is 6.52. The Morgan fingerprint density at radius 2 is 2.15 bits per heavy atom. The van der Waals surface area contributed by atoms with E-state index in [2.05, 4.69) is 9.84 Å². The highest BCUT2D eigenvalue weighted by Gasteiger charge is 2.32. The van der Waals surface area contributed by atoms with E-state index in [0.29, 0.717) is 12.0 Å². The number of ether oxygens (including phenoxy) is 3. The lowest BCUT2D eigenvalue weighted by Crippen LogP contribution is -2.31. The van der Waals surface area contributed by atoms with Gasteiger partial charge in [0, 0.05) is 23.6 Å². The first-order valence-corrected chi connectivity index (χ1v) is 8.25. The first-order valence-electron chi connectivity index (χ1n) is 8.25. The average molecular weight is 366 g/mol. The Balaban J connectivity index is 2.03. The monoisotopic (exact) mass is 366 g/mol. The molecule has 2 heterocycles. The number of benzene rings is 1.